The Bertz CT molecular complexity index is 560. The van der Waals surface area contributed by atoms with Crippen molar-refractivity contribution in [3.63, 3.8) is 0 Å². The zero-order chi connectivity index (χ0) is 11.2. The Hall–Kier alpha value is -0.510. The molecule has 5 heteroatoms. The van der Waals surface area contributed by atoms with Crippen molar-refractivity contribution in [1.82, 2.24) is 0 Å². The van der Waals surface area contributed by atoms with Crippen LogP contribution in [-0.2, 0) is 0 Å². The number of Topliss-reactive ketones (excluding diaryl/α,β-unsaturated/α-hetero) is 1. The number of benzene rings is 1. The summed E-state index contributed by atoms with van der Waals surface area (Å²) in [4.78, 5) is 11.1. The molecular weight excluding hydrogens is 303 g/mol. The summed E-state index contributed by atoms with van der Waals surface area (Å²) in [5.41, 5.74) is 0.440. The Morgan fingerprint density at radius 2 is 2.07 bits per heavy atom. The largest absolute Gasteiger partial charge is 0.451 e. The summed E-state index contributed by atoms with van der Waals surface area (Å²) >= 11 is 15.3. The molecule has 0 bridgehead atoms. The smallest absolute Gasteiger partial charge is 0.194 e. The second kappa shape index (κ2) is 3.81. The first-order chi connectivity index (χ1) is 7.00. The highest BCUT2D eigenvalue weighted by Gasteiger charge is 2.15. The van der Waals surface area contributed by atoms with Crippen LogP contribution in [0.1, 0.15) is 17.5 Å². The molecule has 0 saturated carbocycles. The van der Waals surface area contributed by atoms with Crippen LogP contribution in [0.4, 0.5) is 0 Å². The van der Waals surface area contributed by atoms with Crippen LogP contribution in [0.3, 0.4) is 0 Å². The molecule has 0 amide bonds. The molecule has 0 saturated heterocycles. The standard InChI is InChI=1S/C10H5BrCl2O2/c1-4(14)8-2-5-9(13)6(11)3-7(12)10(5)15-8/h2-3H,1H3. The Morgan fingerprint density at radius 1 is 1.40 bits per heavy atom. The Morgan fingerprint density at radius 3 is 2.67 bits per heavy atom. The third kappa shape index (κ3) is 1.80. The SMILES string of the molecule is CC(=O)c1cc2c(Cl)c(Br)cc(Cl)c2o1. The second-order valence-electron chi connectivity index (χ2n) is 3.06. The number of rotatable bonds is 1. The van der Waals surface area contributed by atoms with Crippen molar-refractivity contribution in [1.29, 1.82) is 0 Å². The van der Waals surface area contributed by atoms with Crippen LogP contribution in [0.5, 0.6) is 0 Å². The Balaban J connectivity index is 2.85. The van der Waals surface area contributed by atoms with Crippen LogP contribution in [0.25, 0.3) is 11.0 Å². The molecule has 78 valence electrons. The molecule has 15 heavy (non-hydrogen) atoms. The third-order valence-electron chi connectivity index (χ3n) is 2.00. The minimum absolute atomic E-state index is 0.158. The van der Waals surface area contributed by atoms with Crippen molar-refractivity contribution in [3.05, 3.63) is 32.4 Å². The Labute approximate surface area is 104 Å². The van der Waals surface area contributed by atoms with E-state index in [1.807, 2.05) is 0 Å². The zero-order valence-electron chi connectivity index (χ0n) is 7.61. The summed E-state index contributed by atoms with van der Waals surface area (Å²) in [6.45, 7) is 1.43. The third-order valence-corrected chi connectivity index (χ3v) is 3.54. The molecule has 0 aliphatic rings. The molecule has 0 radical (unpaired) electrons. The average molecular weight is 308 g/mol. The minimum Gasteiger partial charge on any atom is -0.451 e. The predicted molar refractivity (Wildman–Crippen MR) is 63.9 cm³/mol. The van der Waals surface area contributed by atoms with Gasteiger partial charge < -0.3 is 4.42 Å². The van der Waals surface area contributed by atoms with Crippen LogP contribution in [0.15, 0.2) is 21.0 Å². The van der Waals surface area contributed by atoms with Gasteiger partial charge in [0.05, 0.1) is 10.0 Å². The van der Waals surface area contributed by atoms with Gasteiger partial charge in [-0.2, -0.15) is 0 Å². The molecular formula is C10H5BrCl2O2. The van der Waals surface area contributed by atoms with Crippen molar-refractivity contribution in [2.45, 2.75) is 6.92 Å². The molecule has 0 unspecified atom stereocenters. The zero-order valence-corrected chi connectivity index (χ0v) is 10.7. The highest BCUT2D eigenvalue weighted by atomic mass is 79.9. The molecule has 2 aromatic rings. The van der Waals surface area contributed by atoms with Crippen LogP contribution in [0, 0.1) is 0 Å². The van der Waals surface area contributed by atoms with Crippen molar-refractivity contribution in [2.24, 2.45) is 0 Å². The second-order valence-corrected chi connectivity index (χ2v) is 4.70. The molecule has 0 aliphatic heterocycles. The van der Waals surface area contributed by atoms with Crippen molar-refractivity contribution in [2.75, 3.05) is 0 Å². The summed E-state index contributed by atoms with van der Waals surface area (Å²) in [5, 5.41) is 1.56. The van der Waals surface area contributed by atoms with Crippen molar-refractivity contribution in [3.8, 4) is 0 Å². The van der Waals surface area contributed by atoms with Gasteiger partial charge in [-0.25, -0.2) is 0 Å². The van der Waals surface area contributed by atoms with Gasteiger partial charge in [-0.05, 0) is 28.1 Å². The van der Waals surface area contributed by atoms with Crippen LogP contribution >= 0.6 is 39.1 Å². The number of hydrogen-bond acceptors (Lipinski definition) is 2. The van der Waals surface area contributed by atoms with Gasteiger partial charge in [0, 0.05) is 16.8 Å². The van der Waals surface area contributed by atoms with E-state index in [9.17, 15) is 4.79 Å². The summed E-state index contributed by atoms with van der Waals surface area (Å²) in [6.07, 6.45) is 0. The van der Waals surface area contributed by atoms with E-state index in [0.29, 0.717) is 25.5 Å². The van der Waals surface area contributed by atoms with E-state index in [-0.39, 0.29) is 11.5 Å². The van der Waals surface area contributed by atoms with Crippen LogP contribution in [-0.4, -0.2) is 5.78 Å². The average Bonchev–Trinajstić information content (AvgIpc) is 2.59. The van der Waals surface area contributed by atoms with Gasteiger partial charge in [0.25, 0.3) is 0 Å². The number of fused-ring (bicyclic) bond motifs is 1. The van der Waals surface area contributed by atoms with Gasteiger partial charge in [0.2, 0.25) is 0 Å². The number of ketones is 1. The van der Waals surface area contributed by atoms with Gasteiger partial charge in [-0.3, -0.25) is 4.79 Å². The lowest BCUT2D eigenvalue weighted by Crippen LogP contribution is -1.85. The van der Waals surface area contributed by atoms with Gasteiger partial charge in [0.15, 0.2) is 17.1 Å². The first-order valence-electron chi connectivity index (χ1n) is 4.08. The molecule has 0 N–H and O–H groups in total. The van der Waals surface area contributed by atoms with E-state index in [4.69, 9.17) is 27.6 Å². The molecule has 2 rings (SSSR count). The van der Waals surface area contributed by atoms with Crippen molar-refractivity contribution >= 4 is 55.9 Å². The monoisotopic (exact) mass is 306 g/mol. The maximum Gasteiger partial charge on any atom is 0.194 e. The maximum atomic E-state index is 11.1. The number of hydrogen-bond donors (Lipinski definition) is 0. The van der Waals surface area contributed by atoms with E-state index in [0.717, 1.165) is 0 Å². The summed E-state index contributed by atoms with van der Waals surface area (Å²) in [7, 11) is 0. The normalized spacial score (nSPS) is 10.9. The lowest BCUT2D eigenvalue weighted by molar-refractivity contribution is 0.0989. The lowest BCUT2D eigenvalue weighted by Gasteiger charge is -1.98. The first-order valence-corrected chi connectivity index (χ1v) is 5.63. The van der Waals surface area contributed by atoms with Crippen LogP contribution < -0.4 is 0 Å². The lowest BCUT2D eigenvalue weighted by atomic mass is 10.2. The highest BCUT2D eigenvalue weighted by molar-refractivity contribution is 9.10. The van der Waals surface area contributed by atoms with E-state index in [1.165, 1.54) is 6.92 Å². The van der Waals surface area contributed by atoms with Crippen LogP contribution in [0.2, 0.25) is 10.0 Å². The van der Waals surface area contributed by atoms with Crippen molar-refractivity contribution < 1.29 is 9.21 Å². The summed E-state index contributed by atoms with van der Waals surface area (Å²) in [5.74, 6) is 0.0985. The fourth-order valence-corrected chi connectivity index (χ4v) is 2.29. The highest BCUT2D eigenvalue weighted by Crippen LogP contribution is 2.37. The number of furan rings is 1. The summed E-state index contributed by atoms with van der Waals surface area (Å²) < 4.78 is 5.99. The fourth-order valence-electron chi connectivity index (χ4n) is 1.27. The molecule has 1 aromatic heterocycles. The molecule has 0 aliphatic carbocycles. The quantitative estimate of drug-likeness (QED) is 0.564. The predicted octanol–water partition coefficient (Wildman–Crippen LogP) is 4.70. The van der Waals surface area contributed by atoms with E-state index in [2.05, 4.69) is 15.9 Å². The molecule has 0 spiro atoms. The first kappa shape index (κ1) is 11.0. The molecule has 0 atom stereocenters. The minimum atomic E-state index is -0.158. The number of halogens is 3. The topological polar surface area (TPSA) is 30.2 Å². The maximum absolute atomic E-state index is 11.1. The molecule has 1 aromatic carbocycles. The van der Waals surface area contributed by atoms with Gasteiger partial charge in [-0.15, -0.1) is 0 Å². The van der Waals surface area contributed by atoms with Gasteiger partial charge >= 0.3 is 0 Å². The van der Waals surface area contributed by atoms with Gasteiger partial charge in [-0.1, -0.05) is 23.2 Å². The summed E-state index contributed by atoms with van der Waals surface area (Å²) in [6, 6.07) is 3.23. The van der Waals surface area contributed by atoms with E-state index < -0.39 is 0 Å². The Kier molecular flexibility index (Phi) is 2.79. The molecule has 2 nitrogen and oxygen atoms in total. The number of carbonyl (C=O) groups excluding carboxylic acids is 1. The fraction of sp³-hybridized carbons (Fsp3) is 0.100. The van der Waals surface area contributed by atoms with E-state index >= 15 is 0 Å². The molecule has 1 heterocycles. The van der Waals surface area contributed by atoms with Gasteiger partial charge in [0.1, 0.15) is 0 Å². The molecule has 0 fully saturated rings. The number of carbonyl (C=O) groups is 1. The van der Waals surface area contributed by atoms with E-state index in [1.54, 1.807) is 12.1 Å².